The Balaban J connectivity index is 1.43. The summed E-state index contributed by atoms with van der Waals surface area (Å²) in [6.45, 7) is 4.21. The van der Waals surface area contributed by atoms with Crippen molar-refractivity contribution in [1.29, 1.82) is 0 Å². The maximum Gasteiger partial charge on any atom is 0.320 e. The Labute approximate surface area is 176 Å². The second kappa shape index (κ2) is 6.93. The maximum absolute atomic E-state index is 12.9. The molecule has 0 saturated heterocycles. The number of hydrogen-bond donors (Lipinski definition) is 1. The third kappa shape index (κ3) is 3.20. The Hall–Kier alpha value is -2.70. The van der Waals surface area contributed by atoms with Gasteiger partial charge in [0.25, 0.3) is 5.91 Å². The smallest absolute Gasteiger partial charge is 0.320 e. The number of nitro groups is 1. The lowest BCUT2D eigenvalue weighted by Gasteiger charge is -2.56. The van der Waals surface area contributed by atoms with Gasteiger partial charge in [0.2, 0.25) is 5.69 Å². The fraction of sp³-hybridized carbons (Fsp3) is 0.565. The molecule has 1 heterocycles. The van der Waals surface area contributed by atoms with Crippen LogP contribution in [0.1, 0.15) is 74.3 Å². The van der Waals surface area contributed by atoms with Crippen molar-refractivity contribution in [3.63, 3.8) is 0 Å². The number of aromatic nitrogens is 2. The standard InChI is InChI=1S/C23H28N4O3/c1-14(2)18-3-5-19(6-4-18)24-22(28)21-20(27(29)30)13-26(25-21)23-10-15-7-16(11-23)9-17(8-15)12-23/h3-6,13-17H,7-12H2,1-2H3,(H,24,28). The molecular formula is C23H28N4O3. The molecule has 0 aliphatic heterocycles. The molecule has 4 bridgehead atoms. The Kier molecular flexibility index (Phi) is 4.45. The first kappa shape index (κ1) is 19.3. The van der Waals surface area contributed by atoms with E-state index in [1.165, 1.54) is 31.0 Å². The highest BCUT2D eigenvalue weighted by molar-refractivity contribution is 6.05. The van der Waals surface area contributed by atoms with Gasteiger partial charge in [0.15, 0.2) is 0 Å². The van der Waals surface area contributed by atoms with E-state index >= 15 is 0 Å². The molecule has 4 aliphatic rings. The number of hydrogen-bond acceptors (Lipinski definition) is 4. The van der Waals surface area contributed by atoms with Crippen molar-refractivity contribution in [2.45, 2.75) is 63.8 Å². The number of nitrogens with zero attached hydrogens (tertiary/aromatic N) is 3. The summed E-state index contributed by atoms with van der Waals surface area (Å²) in [5, 5.41) is 19.0. The summed E-state index contributed by atoms with van der Waals surface area (Å²) < 4.78 is 1.78. The van der Waals surface area contributed by atoms with E-state index in [9.17, 15) is 14.9 Å². The maximum atomic E-state index is 12.9. The molecule has 30 heavy (non-hydrogen) atoms. The number of nitrogens with one attached hydrogen (secondary N) is 1. The van der Waals surface area contributed by atoms with Gasteiger partial charge < -0.3 is 5.32 Å². The number of carbonyl (C=O) groups is 1. The summed E-state index contributed by atoms with van der Waals surface area (Å²) in [7, 11) is 0. The van der Waals surface area contributed by atoms with Crippen LogP contribution in [0.2, 0.25) is 0 Å². The van der Waals surface area contributed by atoms with Crippen LogP contribution in [0.25, 0.3) is 0 Å². The number of benzene rings is 1. The summed E-state index contributed by atoms with van der Waals surface area (Å²) in [5.74, 6) is 1.94. The lowest BCUT2D eigenvalue weighted by Crippen LogP contribution is -2.52. The van der Waals surface area contributed by atoms with Gasteiger partial charge in [0, 0.05) is 5.69 Å². The normalized spacial score (nSPS) is 29.4. The summed E-state index contributed by atoms with van der Waals surface area (Å²) in [6.07, 6.45) is 8.41. The van der Waals surface area contributed by atoms with Crippen LogP contribution in [-0.2, 0) is 5.54 Å². The van der Waals surface area contributed by atoms with Crippen LogP contribution < -0.4 is 5.32 Å². The van der Waals surface area contributed by atoms with Gasteiger partial charge in [-0.25, -0.2) is 0 Å². The van der Waals surface area contributed by atoms with Crippen molar-refractivity contribution in [2.75, 3.05) is 5.32 Å². The summed E-state index contributed by atoms with van der Waals surface area (Å²) in [6, 6.07) is 7.58. The van der Waals surface area contributed by atoms with Crippen molar-refractivity contribution in [3.8, 4) is 0 Å². The Morgan fingerprint density at radius 1 is 1.13 bits per heavy atom. The molecule has 4 aliphatic carbocycles. The highest BCUT2D eigenvalue weighted by atomic mass is 16.6. The molecule has 0 radical (unpaired) electrons. The highest BCUT2D eigenvalue weighted by Gasteiger charge is 2.53. The monoisotopic (exact) mass is 408 g/mol. The third-order valence-electron chi connectivity index (χ3n) is 7.43. The van der Waals surface area contributed by atoms with E-state index in [1.807, 2.05) is 24.3 Å². The minimum absolute atomic E-state index is 0.0938. The van der Waals surface area contributed by atoms with Gasteiger partial charge >= 0.3 is 5.69 Å². The van der Waals surface area contributed by atoms with Gasteiger partial charge in [-0.1, -0.05) is 26.0 Å². The average molecular weight is 409 g/mol. The SMILES string of the molecule is CC(C)c1ccc(NC(=O)c2nn(C34CC5CC(CC(C5)C3)C4)cc2[N+](=O)[O-])cc1. The molecule has 1 amide bonds. The zero-order valence-electron chi connectivity index (χ0n) is 17.5. The average Bonchev–Trinajstić information content (AvgIpc) is 3.14. The second-order valence-corrected chi connectivity index (χ2v) is 9.94. The number of amides is 1. The van der Waals surface area contributed by atoms with Gasteiger partial charge in [-0.3, -0.25) is 19.6 Å². The zero-order chi connectivity index (χ0) is 21.0. The Bertz CT molecular complexity index is 957. The molecule has 2 aromatic rings. The van der Waals surface area contributed by atoms with E-state index in [1.54, 1.807) is 4.68 Å². The van der Waals surface area contributed by atoms with Crippen LogP contribution in [0.3, 0.4) is 0 Å². The highest BCUT2D eigenvalue weighted by Crippen LogP contribution is 2.58. The van der Waals surface area contributed by atoms with Gasteiger partial charge in [0.1, 0.15) is 6.20 Å². The molecule has 4 fully saturated rings. The van der Waals surface area contributed by atoms with Gasteiger partial charge in [-0.15, -0.1) is 0 Å². The molecular weight excluding hydrogens is 380 g/mol. The molecule has 7 nitrogen and oxygen atoms in total. The van der Waals surface area contributed by atoms with Gasteiger partial charge in [-0.05, 0) is 79.9 Å². The quantitative estimate of drug-likeness (QED) is 0.551. The molecule has 158 valence electrons. The van der Waals surface area contributed by atoms with E-state index in [4.69, 9.17) is 0 Å². The second-order valence-electron chi connectivity index (χ2n) is 9.94. The van der Waals surface area contributed by atoms with Crippen LogP contribution in [0.15, 0.2) is 30.5 Å². The van der Waals surface area contributed by atoms with Gasteiger partial charge in [0.05, 0.1) is 10.5 Å². The number of anilines is 1. The third-order valence-corrected chi connectivity index (χ3v) is 7.43. The summed E-state index contributed by atoms with van der Waals surface area (Å²) in [4.78, 5) is 24.1. The van der Waals surface area contributed by atoms with Crippen LogP contribution in [-0.4, -0.2) is 20.6 Å². The molecule has 1 N–H and O–H groups in total. The van der Waals surface area contributed by atoms with Crippen molar-refractivity contribution in [1.82, 2.24) is 9.78 Å². The van der Waals surface area contributed by atoms with E-state index in [0.29, 0.717) is 29.4 Å². The molecule has 0 spiro atoms. The van der Waals surface area contributed by atoms with Crippen molar-refractivity contribution < 1.29 is 9.72 Å². The van der Waals surface area contributed by atoms with E-state index in [2.05, 4.69) is 24.3 Å². The predicted octanol–water partition coefficient (Wildman–Crippen LogP) is 5.09. The summed E-state index contributed by atoms with van der Waals surface area (Å²) in [5.41, 5.74) is 1.33. The van der Waals surface area contributed by atoms with E-state index < -0.39 is 10.8 Å². The topological polar surface area (TPSA) is 90.1 Å². The molecule has 0 unspecified atom stereocenters. The van der Waals surface area contributed by atoms with Crippen molar-refractivity contribution >= 4 is 17.3 Å². The first-order chi connectivity index (χ1) is 14.3. The van der Waals surface area contributed by atoms with Crippen LogP contribution in [0, 0.1) is 27.9 Å². The minimum atomic E-state index is -0.525. The van der Waals surface area contributed by atoms with Gasteiger partial charge in [-0.2, -0.15) is 5.10 Å². The Morgan fingerprint density at radius 2 is 1.70 bits per heavy atom. The predicted molar refractivity (Wildman–Crippen MR) is 114 cm³/mol. The van der Waals surface area contributed by atoms with Crippen molar-refractivity contribution in [2.24, 2.45) is 17.8 Å². The first-order valence-corrected chi connectivity index (χ1v) is 11.0. The molecule has 6 rings (SSSR count). The molecule has 0 atom stereocenters. The van der Waals surface area contributed by atoms with Crippen LogP contribution in [0.4, 0.5) is 11.4 Å². The molecule has 4 saturated carbocycles. The largest absolute Gasteiger partial charge is 0.320 e. The fourth-order valence-corrected chi connectivity index (χ4v) is 6.39. The zero-order valence-corrected chi connectivity index (χ0v) is 17.5. The summed E-state index contributed by atoms with van der Waals surface area (Å²) >= 11 is 0. The number of rotatable bonds is 5. The molecule has 7 heteroatoms. The lowest BCUT2D eigenvalue weighted by molar-refractivity contribution is -0.385. The van der Waals surface area contributed by atoms with E-state index in [0.717, 1.165) is 19.3 Å². The van der Waals surface area contributed by atoms with E-state index in [-0.39, 0.29) is 16.9 Å². The lowest BCUT2D eigenvalue weighted by atomic mass is 9.53. The Morgan fingerprint density at radius 3 is 2.20 bits per heavy atom. The van der Waals surface area contributed by atoms with Crippen LogP contribution >= 0.6 is 0 Å². The fourth-order valence-electron chi connectivity index (χ4n) is 6.39. The van der Waals surface area contributed by atoms with Crippen molar-refractivity contribution in [3.05, 3.63) is 51.8 Å². The number of carbonyl (C=O) groups excluding carboxylic acids is 1. The molecule has 1 aromatic carbocycles. The minimum Gasteiger partial charge on any atom is -0.320 e. The van der Waals surface area contributed by atoms with Crippen LogP contribution in [0.5, 0.6) is 0 Å². The first-order valence-electron chi connectivity index (χ1n) is 11.0. The molecule has 1 aromatic heterocycles.